The Bertz CT molecular complexity index is 979. The molecule has 1 aliphatic carbocycles. The number of carbonyl (C=O) groups is 1. The standard InChI is InChI=1S/C21H24N4O3/c1-13(22-21(26)15-7-9-17-18(11-15)24-25-23-17)14-8-10-19(20(12-14)27-2)28-16-5-3-4-6-16/h7-13,16H,3-6H2,1-2H3,(H,22,26)(H,23,24,25). The van der Waals surface area contributed by atoms with Crippen molar-refractivity contribution in [2.75, 3.05) is 7.11 Å². The number of H-pyrrole nitrogens is 1. The Hall–Kier alpha value is -3.09. The fourth-order valence-electron chi connectivity index (χ4n) is 3.58. The van der Waals surface area contributed by atoms with Crippen molar-refractivity contribution >= 4 is 16.9 Å². The fraction of sp³-hybridized carbons (Fsp3) is 0.381. The van der Waals surface area contributed by atoms with E-state index in [0.29, 0.717) is 16.8 Å². The first-order chi connectivity index (χ1) is 13.6. The van der Waals surface area contributed by atoms with Crippen LogP contribution >= 0.6 is 0 Å². The molecule has 146 valence electrons. The zero-order valence-electron chi connectivity index (χ0n) is 16.1. The number of ether oxygens (including phenoxy) is 2. The van der Waals surface area contributed by atoms with Gasteiger partial charge in [-0.25, -0.2) is 0 Å². The summed E-state index contributed by atoms with van der Waals surface area (Å²) in [4.78, 5) is 12.6. The Labute approximate surface area is 163 Å². The van der Waals surface area contributed by atoms with Gasteiger partial charge in [0.2, 0.25) is 0 Å². The number of rotatable bonds is 6. The molecule has 1 saturated carbocycles. The Morgan fingerprint density at radius 2 is 1.89 bits per heavy atom. The Morgan fingerprint density at radius 1 is 1.11 bits per heavy atom. The van der Waals surface area contributed by atoms with Gasteiger partial charge in [0.05, 0.1) is 19.3 Å². The maximum absolute atomic E-state index is 12.6. The number of aromatic nitrogens is 3. The number of nitrogens with one attached hydrogen (secondary N) is 2. The summed E-state index contributed by atoms with van der Waals surface area (Å²) in [5, 5.41) is 13.6. The van der Waals surface area contributed by atoms with Crippen molar-refractivity contribution in [3.8, 4) is 11.5 Å². The van der Waals surface area contributed by atoms with Crippen LogP contribution in [0.1, 0.15) is 54.6 Å². The van der Waals surface area contributed by atoms with Crippen LogP contribution in [0.15, 0.2) is 36.4 Å². The molecule has 3 aromatic rings. The molecular weight excluding hydrogens is 356 g/mol. The number of benzene rings is 2. The van der Waals surface area contributed by atoms with Gasteiger partial charge >= 0.3 is 0 Å². The lowest BCUT2D eigenvalue weighted by Gasteiger charge is -2.19. The number of amides is 1. The van der Waals surface area contributed by atoms with E-state index in [9.17, 15) is 4.79 Å². The average Bonchev–Trinajstić information content (AvgIpc) is 3.39. The SMILES string of the molecule is COc1cc(C(C)NC(=O)c2ccc3n[nH]nc3c2)ccc1OC1CCCC1. The molecule has 0 aliphatic heterocycles. The van der Waals surface area contributed by atoms with Crippen molar-refractivity contribution in [1.29, 1.82) is 0 Å². The Morgan fingerprint density at radius 3 is 2.68 bits per heavy atom. The first-order valence-corrected chi connectivity index (χ1v) is 9.60. The number of hydrogen-bond donors (Lipinski definition) is 2. The summed E-state index contributed by atoms with van der Waals surface area (Å²) < 4.78 is 11.6. The molecule has 1 atom stereocenters. The van der Waals surface area contributed by atoms with Crippen LogP contribution in [-0.2, 0) is 0 Å². The molecule has 4 rings (SSSR count). The van der Waals surface area contributed by atoms with E-state index in [1.165, 1.54) is 12.8 Å². The van der Waals surface area contributed by atoms with E-state index in [-0.39, 0.29) is 18.1 Å². The number of methoxy groups -OCH3 is 1. The van der Waals surface area contributed by atoms with Crippen LogP contribution in [0.3, 0.4) is 0 Å². The van der Waals surface area contributed by atoms with Gasteiger partial charge in [-0.05, 0) is 68.5 Å². The molecule has 0 radical (unpaired) electrons. The van der Waals surface area contributed by atoms with E-state index in [0.717, 1.165) is 29.7 Å². The van der Waals surface area contributed by atoms with Crippen LogP contribution in [0.5, 0.6) is 11.5 Å². The van der Waals surface area contributed by atoms with Crippen LogP contribution in [0.2, 0.25) is 0 Å². The lowest BCUT2D eigenvalue weighted by Crippen LogP contribution is -2.26. The van der Waals surface area contributed by atoms with Crippen molar-refractivity contribution in [3.63, 3.8) is 0 Å². The largest absolute Gasteiger partial charge is 0.493 e. The zero-order valence-corrected chi connectivity index (χ0v) is 16.1. The van der Waals surface area contributed by atoms with Gasteiger partial charge in [-0.15, -0.1) is 0 Å². The van der Waals surface area contributed by atoms with E-state index in [1.54, 1.807) is 25.3 Å². The molecule has 0 saturated heterocycles. The summed E-state index contributed by atoms with van der Waals surface area (Å²) in [5.74, 6) is 1.28. The maximum atomic E-state index is 12.6. The normalized spacial score (nSPS) is 15.5. The minimum absolute atomic E-state index is 0.164. The van der Waals surface area contributed by atoms with Crippen molar-refractivity contribution in [3.05, 3.63) is 47.5 Å². The minimum Gasteiger partial charge on any atom is -0.493 e. The number of nitrogens with zero attached hydrogens (tertiary/aromatic N) is 2. The molecule has 1 unspecified atom stereocenters. The van der Waals surface area contributed by atoms with Gasteiger partial charge in [0, 0.05) is 5.56 Å². The highest BCUT2D eigenvalue weighted by Crippen LogP contribution is 2.33. The second-order valence-corrected chi connectivity index (χ2v) is 7.16. The van der Waals surface area contributed by atoms with Gasteiger partial charge in [-0.2, -0.15) is 15.4 Å². The molecule has 2 N–H and O–H groups in total. The number of hydrogen-bond acceptors (Lipinski definition) is 5. The molecule has 0 bridgehead atoms. The number of fused-ring (bicyclic) bond motifs is 1. The average molecular weight is 380 g/mol. The Kier molecular flexibility index (Phi) is 5.14. The van der Waals surface area contributed by atoms with E-state index >= 15 is 0 Å². The van der Waals surface area contributed by atoms with Crippen LogP contribution < -0.4 is 14.8 Å². The predicted molar refractivity (Wildman–Crippen MR) is 106 cm³/mol. The highest BCUT2D eigenvalue weighted by Gasteiger charge is 2.20. The lowest BCUT2D eigenvalue weighted by atomic mass is 10.1. The summed E-state index contributed by atoms with van der Waals surface area (Å²) in [7, 11) is 1.64. The van der Waals surface area contributed by atoms with Crippen LogP contribution in [-0.4, -0.2) is 34.5 Å². The molecule has 2 aromatic carbocycles. The third-order valence-corrected chi connectivity index (χ3v) is 5.21. The monoisotopic (exact) mass is 380 g/mol. The molecule has 1 aromatic heterocycles. The van der Waals surface area contributed by atoms with Crippen molar-refractivity contribution < 1.29 is 14.3 Å². The quantitative estimate of drug-likeness (QED) is 0.679. The van der Waals surface area contributed by atoms with E-state index in [4.69, 9.17) is 9.47 Å². The van der Waals surface area contributed by atoms with Gasteiger partial charge in [-0.1, -0.05) is 6.07 Å². The summed E-state index contributed by atoms with van der Waals surface area (Å²) in [6.45, 7) is 1.94. The van der Waals surface area contributed by atoms with Gasteiger partial charge < -0.3 is 14.8 Å². The van der Waals surface area contributed by atoms with Gasteiger partial charge in [0.1, 0.15) is 11.0 Å². The van der Waals surface area contributed by atoms with Gasteiger partial charge in [-0.3, -0.25) is 4.79 Å². The molecule has 1 amide bonds. The summed E-state index contributed by atoms with van der Waals surface area (Å²) in [5.41, 5.74) is 2.88. The molecule has 7 heteroatoms. The molecule has 0 spiro atoms. The minimum atomic E-state index is -0.185. The molecule has 7 nitrogen and oxygen atoms in total. The van der Waals surface area contributed by atoms with E-state index < -0.39 is 0 Å². The van der Waals surface area contributed by atoms with E-state index in [2.05, 4.69) is 20.7 Å². The third kappa shape index (κ3) is 3.78. The second-order valence-electron chi connectivity index (χ2n) is 7.16. The Balaban J connectivity index is 1.47. The zero-order chi connectivity index (χ0) is 19.5. The summed E-state index contributed by atoms with van der Waals surface area (Å²) >= 11 is 0. The van der Waals surface area contributed by atoms with Crippen LogP contribution in [0, 0.1) is 0 Å². The molecule has 28 heavy (non-hydrogen) atoms. The first kappa shape index (κ1) is 18.3. The van der Waals surface area contributed by atoms with Crippen molar-refractivity contribution in [1.82, 2.24) is 20.7 Å². The predicted octanol–water partition coefficient (Wildman–Crippen LogP) is 3.78. The van der Waals surface area contributed by atoms with Crippen molar-refractivity contribution in [2.24, 2.45) is 0 Å². The third-order valence-electron chi connectivity index (χ3n) is 5.21. The topological polar surface area (TPSA) is 89.1 Å². The summed E-state index contributed by atoms with van der Waals surface area (Å²) in [6, 6.07) is 10.9. The maximum Gasteiger partial charge on any atom is 0.251 e. The van der Waals surface area contributed by atoms with Gasteiger partial charge in [0.25, 0.3) is 5.91 Å². The lowest BCUT2D eigenvalue weighted by molar-refractivity contribution is 0.0940. The molecule has 1 fully saturated rings. The molecule has 1 aliphatic rings. The highest BCUT2D eigenvalue weighted by molar-refractivity contribution is 5.97. The fourth-order valence-corrected chi connectivity index (χ4v) is 3.58. The molecular formula is C21H24N4O3. The highest BCUT2D eigenvalue weighted by atomic mass is 16.5. The van der Waals surface area contributed by atoms with Gasteiger partial charge in [0.15, 0.2) is 11.5 Å². The van der Waals surface area contributed by atoms with Crippen LogP contribution in [0.25, 0.3) is 11.0 Å². The van der Waals surface area contributed by atoms with E-state index in [1.807, 2.05) is 25.1 Å². The first-order valence-electron chi connectivity index (χ1n) is 9.60. The summed E-state index contributed by atoms with van der Waals surface area (Å²) in [6.07, 6.45) is 4.88. The second kappa shape index (κ2) is 7.88. The number of aromatic amines is 1. The van der Waals surface area contributed by atoms with Crippen LogP contribution in [0.4, 0.5) is 0 Å². The van der Waals surface area contributed by atoms with Crippen molar-refractivity contribution in [2.45, 2.75) is 44.8 Å². The molecule has 1 heterocycles. The number of carbonyl (C=O) groups excluding carboxylic acids is 1. The smallest absolute Gasteiger partial charge is 0.251 e.